The molecule has 0 rings (SSSR count). The van der Waals surface area contributed by atoms with Crippen LogP contribution in [0.4, 0.5) is 0 Å². The quantitative estimate of drug-likeness (QED) is 0.606. The number of nitrogens with zero attached hydrogens (tertiary/aromatic N) is 1. The summed E-state index contributed by atoms with van der Waals surface area (Å²) in [5, 5.41) is 0. The minimum absolute atomic E-state index is 0. The van der Waals surface area contributed by atoms with Gasteiger partial charge >= 0.3 is 0 Å². The van der Waals surface area contributed by atoms with Gasteiger partial charge in [0.1, 0.15) is 0 Å². The number of nitrogens with two attached hydrogens (primary N) is 1. The zero-order valence-electron chi connectivity index (χ0n) is 11.1. The van der Waals surface area contributed by atoms with Crippen LogP contribution in [0.15, 0.2) is 0 Å². The molecule has 3 heteroatoms. The minimum atomic E-state index is 0. The van der Waals surface area contributed by atoms with Crippen molar-refractivity contribution >= 4 is 0 Å². The van der Waals surface area contributed by atoms with Crippen molar-refractivity contribution in [2.75, 3.05) is 39.9 Å². The Kier molecular flexibility index (Phi) is 18.8. The molecular weight excluding hydrogens is 188 g/mol. The van der Waals surface area contributed by atoms with E-state index in [0.29, 0.717) is 0 Å². The van der Waals surface area contributed by atoms with Crippen molar-refractivity contribution in [1.29, 1.82) is 0 Å². The molecule has 0 aromatic rings. The van der Waals surface area contributed by atoms with Gasteiger partial charge in [-0.15, -0.1) is 0 Å². The fourth-order valence-corrected chi connectivity index (χ4v) is 1.20. The topological polar surface area (TPSA) is 38.5 Å². The average molecular weight is 220 g/mol. The molecule has 0 unspecified atom stereocenters. The summed E-state index contributed by atoms with van der Waals surface area (Å²) in [6, 6.07) is 0. The summed E-state index contributed by atoms with van der Waals surface area (Å²) in [5.41, 5.74) is 5.42. The number of hydrogen-bond acceptors (Lipinski definition) is 3. The smallest absolute Gasteiger partial charge is 0.0466 e. The average Bonchev–Trinajstić information content (AvgIpc) is 2.29. The van der Waals surface area contributed by atoms with Gasteiger partial charge in [0.25, 0.3) is 0 Å². The molecular formula is C12H32N2O. The van der Waals surface area contributed by atoms with Crippen LogP contribution in [0, 0.1) is 0 Å². The van der Waals surface area contributed by atoms with E-state index in [1.165, 1.54) is 12.8 Å². The lowest BCUT2D eigenvalue weighted by atomic mass is 10.3. The highest BCUT2D eigenvalue weighted by molar-refractivity contribution is 4.52. The second-order valence-corrected chi connectivity index (χ2v) is 3.35. The maximum Gasteiger partial charge on any atom is 0.0466 e. The van der Waals surface area contributed by atoms with Crippen molar-refractivity contribution in [2.45, 2.75) is 40.0 Å². The van der Waals surface area contributed by atoms with E-state index in [0.717, 1.165) is 39.3 Å². The molecule has 2 N–H and O–H groups in total. The Morgan fingerprint density at radius 3 is 2.27 bits per heavy atom. The van der Waals surface area contributed by atoms with Gasteiger partial charge in [-0.3, -0.25) is 0 Å². The molecule has 0 saturated carbocycles. The fraction of sp³-hybridized carbons (Fsp3) is 1.00. The Morgan fingerprint density at radius 2 is 1.73 bits per heavy atom. The van der Waals surface area contributed by atoms with Crippen LogP contribution in [-0.2, 0) is 4.74 Å². The molecule has 0 aliphatic carbocycles. The zero-order chi connectivity index (χ0) is 11.9. The summed E-state index contributed by atoms with van der Waals surface area (Å²) in [4.78, 5) is 2.33. The molecule has 15 heavy (non-hydrogen) atoms. The summed E-state index contributed by atoms with van der Waals surface area (Å²) in [6.45, 7) is 10.8. The van der Waals surface area contributed by atoms with Crippen LogP contribution in [0.25, 0.3) is 0 Å². The molecule has 0 aromatic heterocycles. The SMILES string of the molecule is CC.CCOCCCCN(C)CCCN.[HH]. The number of unbranched alkanes of at least 4 members (excludes halogenated alkanes) is 1. The van der Waals surface area contributed by atoms with Gasteiger partial charge in [-0.1, -0.05) is 13.8 Å². The summed E-state index contributed by atoms with van der Waals surface area (Å²) in [6.07, 6.45) is 3.49. The third-order valence-corrected chi connectivity index (χ3v) is 2.03. The Morgan fingerprint density at radius 1 is 1.13 bits per heavy atom. The normalized spacial score (nSPS) is 10.0. The van der Waals surface area contributed by atoms with Crippen LogP contribution in [0.5, 0.6) is 0 Å². The first kappa shape index (κ1) is 17.3. The second-order valence-electron chi connectivity index (χ2n) is 3.35. The standard InChI is InChI=1S/C10H24N2O.C2H6.H2/c1-3-13-10-5-4-8-12(2)9-6-7-11;1-2;/h3-11H2,1-2H3;1-2H3;1H. The molecule has 3 nitrogen and oxygen atoms in total. The second kappa shape index (κ2) is 16.3. The van der Waals surface area contributed by atoms with Gasteiger partial charge in [0, 0.05) is 14.6 Å². The molecule has 0 spiro atoms. The molecule has 0 aromatic carbocycles. The van der Waals surface area contributed by atoms with Crippen LogP contribution < -0.4 is 5.73 Å². The van der Waals surface area contributed by atoms with E-state index in [2.05, 4.69) is 11.9 Å². The van der Waals surface area contributed by atoms with E-state index < -0.39 is 0 Å². The first-order valence-corrected chi connectivity index (χ1v) is 6.27. The Labute approximate surface area is 97.5 Å². The molecule has 0 radical (unpaired) electrons. The van der Waals surface area contributed by atoms with Crippen LogP contribution in [0.3, 0.4) is 0 Å². The monoisotopic (exact) mass is 220 g/mol. The Bertz CT molecular complexity index is 105. The summed E-state index contributed by atoms with van der Waals surface area (Å²) < 4.78 is 5.26. The van der Waals surface area contributed by atoms with Gasteiger partial charge in [0.2, 0.25) is 0 Å². The predicted molar refractivity (Wildman–Crippen MR) is 70.4 cm³/mol. The van der Waals surface area contributed by atoms with E-state index in [1.54, 1.807) is 0 Å². The number of hydrogen-bond donors (Lipinski definition) is 1. The molecule has 0 atom stereocenters. The highest BCUT2D eigenvalue weighted by atomic mass is 16.5. The molecule has 0 amide bonds. The summed E-state index contributed by atoms with van der Waals surface area (Å²) >= 11 is 0. The van der Waals surface area contributed by atoms with E-state index in [-0.39, 0.29) is 1.43 Å². The molecule has 0 fully saturated rings. The zero-order valence-corrected chi connectivity index (χ0v) is 11.1. The molecule has 0 aliphatic heterocycles. The van der Waals surface area contributed by atoms with Gasteiger partial charge in [-0.25, -0.2) is 0 Å². The van der Waals surface area contributed by atoms with Gasteiger partial charge in [0.15, 0.2) is 0 Å². The lowest BCUT2D eigenvalue weighted by molar-refractivity contribution is 0.140. The van der Waals surface area contributed by atoms with E-state index in [4.69, 9.17) is 10.5 Å². The van der Waals surface area contributed by atoms with Crippen molar-refractivity contribution in [1.82, 2.24) is 4.90 Å². The fourth-order valence-electron chi connectivity index (χ4n) is 1.20. The van der Waals surface area contributed by atoms with Crippen molar-refractivity contribution in [3.8, 4) is 0 Å². The van der Waals surface area contributed by atoms with Crippen molar-refractivity contribution in [3.05, 3.63) is 0 Å². The van der Waals surface area contributed by atoms with Gasteiger partial charge in [-0.05, 0) is 52.9 Å². The predicted octanol–water partition coefficient (Wildman–Crippen LogP) is 2.36. The Hall–Kier alpha value is -0.120. The molecule has 0 aliphatic rings. The van der Waals surface area contributed by atoms with Crippen LogP contribution in [0.1, 0.15) is 41.5 Å². The summed E-state index contributed by atoms with van der Waals surface area (Å²) in [7, 11) is 2.15. The molecule has 96 valence electrons. The summed E-state index contributed by atoms with van der Waals surface area (Å²) in [5.74, 6) is 0. The third-order valence-electron chi connectivity index (χ3n) is 2.03. The van der Waals surface area contributed by atoms with Gasteiger partial charge in [-0.2, -0.15) is 0 Å². The van der Waals surface area contributed by atoms with Gasteiger partial charge in [0.05, 0.1) is 0 Å². The van der Waals surface area contributed by atoms with E-state index >= 15 is 0 Å². The highest BCUT2D eigenvalue weighted by Crippen LogP contribution is 1.94. The maximum atomic E-state index is 5.42. The first-order valence-electron chi connectivity index (χ1n) is 6.27. The van der Waals surface area contributed by atoms with Crippen molar-refractivity contribution in [2.24, 2.45) is 5.73 Å². The van der Waals surface area contributed by atoms with Crippen LogP contribution in [0.2, 0.25) is 0 Å². The molecule has 0 saturated heterocycles. The number of rotatable bonds is 9. The molecule has 0 heterocycles. The van der Waals surface area contributed by atoms with Crippen LogP contribution >= 0.6 is 0 Å². The molecule has 0 bridgehead atoms. The van der Waals surface area contributed by atoms with Crippen molar-refractivity contribution < 1.29 is 6.16 Å². The third kappa shape index (κ3) is 16.5. The largest absolute Gasteiger partial charge is 0.382 e. The van der Waals surface area contributed by atoms with E-state index in [9.17, 15) is 0 Å². The maximum absolute atomic E-state index is 5.42. The first-order chi connectivity index (χ1) is 7.31. The number of ether oxygens (including phenoxy) is 1. The lowest BCUT2D eigenvalue weighted by Crippen LogP contribution is -2.23. The van der Waals surface area contributed by atoms with Crippen molar-refractivity contribution in [3.63, 3.8) is 0 Å². The highest BCUT2D eigenvalue weighted by Gasteiger charge is 1.96. The Balaban J connectivity index is -0.000000529. The van der Waals surface area contributed by atoms with Gasteiger partial charge < -0.3 is 15.4 Å². The van der Waals surface area contributed by atoms with Crippen LogP contribution in [-0.4, -0.2) is 44.8 Å². The lowest BCUT2D eigenvalue weighted by Gasteiger charge is -2.15. The van der Waals surface area contributed by atoms with E-state index in [1.807, 2.05) is 20.8 Å². The minimum Gasteiger partial charge on any atom is -0.382 e.